The van der Waals surface area contributed by atoms with E-state index < -0.39 is 26.3 Å². The minimum absolute atomic E-state index is 0.0122. The van der Waals surface area contributed by atoms with Crippen LogP contribution in [0.4, 0.5) is 13.2 Å². The van der Waals surface area contributed by atoms with Crippen molar-refractivity contribution in [1.82, 2.24) is 10.2 Å². The van der Waals surface area contributed by atoms with Crippen LogP contribution in [0.25, 0.3) is 0 Å². The Labute approximate surface area is 169 Å². The number of alkyl halides is 3. The van der Waals surface area contributed by atoms with Gasteiger partial charge in [-0.3, -0.25) is 9.69 Å². The van der Waals surface area contributed by atoms with Crippen molar-refractivity contribution in [1.29, 1.82) is 0 Å². The van der Waals surface area contributed by atoms with Crippen LogP contribution >= 0.6 is 0 Å². The van der Waals surface area contributed by atoms with Crippen molar-refractivity contribution in [2.75, 3.05) is 19.6 Å². The third kappa shape index (κ3) is 4.94. The molecule has 1 amide bonds. The van der Waals surface area contributed by atoms with Gasteiger partial charge in [-0.25, -0.2) is 8.42 Å². The number of rotatable bonds is 6. The topological polar surface area (TPSA) is 66.5 Å². The standard InChI is InChI=1S/C20H27F3N2O3S/c1-19(2,29(27,28)17-5-3-4-15(12-17)20(21,22)23)14-8-10-25(11-9-14)13-18(26)24-16-6-7-16/h3-5,12,14,16H,6-11,13H2,1-2H3,(H,24,26). The maximum Gasteiger partial charge on any atom is 0.416 e. The van der Waals surface area contributed by atoms with Crippen molar-refractivity contribution in [3.05, 3.63) is 29.8 Å². The van der Waals surface area contributed by atoms with Crippen LogP contribution < -0.4 is 5.32 Å². The normalized spacial score (nSPS) is 19.9. The van der Waals surface area contributed by atoms with E-state index in [0.29, 0.717) is 44.6 Å². The molecule has 1 saturated carbocycles. The van der Waals surface area contributed by atoms with Crippen LogP contribution in [0.3, 0.4) is 0 Å². The Hall–Kier alpha value is -1.61. The Morgan fingerprint density at radius 3 is 2.31 bits per heavy atom. The minimum atomic E-state index is -4.60. The molecule has 1 aliphatic heterocycles. The van der Waals surface area contributed by atoms with Crippen molar-refractivity contribution in [3.63, 3.8) is 0 Å². The summed E-state index contributed by atoms with van der Waals surface area (Å²) >= 11 is 0. The van der Waals surface area contributed by atoms with Crippen LogP contribution in [-0.2, 0) is 20.8 Å². The summed E-state index contributed by atoms with van der Waals surface area (Å²) in [6.07, 6.45) is -1.41. The van der Waals surface area contributed by atoms with Crippen LogP contribution in [-0.4, -0.2) is 49.6 Å². The van der Waals surface area contributed by atoms with E-state index in [0.717, 1.165) is 25.0 Å². The zero-order valence-electron chi connectivity index (χ0n) is 16.6. The first-order valence-electron chi connectivity index (χ1n) is 9.85. The van der Waals surface area contributed by atoms with Gasteiger partial charge in [-0.05, 0) is 76.7 Å². The van der Waals surface area contributed by atoms with E-state index in [1.165, 1.54) is 6.07 Å². The van der Waals surface area contributed by atoms with Crippen molar-refractivity contribution in [2.24, 2.45) is 5.92 Å². The highest BCUT2D eigenvalue weighted by Crippen LogP contribution is 2.39. The van der Waals surface area contributed by atoms with Crippen LogP contribution in [0.5, 0.6) is 0 Å². The summed E-state index contributed by atoms with van der Waals surface area (Å²) in [6.45, 7) is 4.64. The van der Waals surface area contributed by atoms with Crippen LogP contribution in [0, 0.1) is 5.92 Å². The lowest BCUT2D eigenvalue weighted by molar-refractivity contribution is -0.137. The monoisotopic (exact) mass is 432 g/mol. The second-order valence-electron chi connectivity index (χ2n) is 8.52. The van der Waals surface area contributed by atoms with E-state index in [1.807, 2.05) is 4.90 Å². The molecule has 1 aliphatic carbocycles. The highest BCUT2D eigenvalue weighted by atomic mass is 32.2. The van der Waals surface area contributed by atoms with Gasteiger partial charge in [0.1, 0.15) is 0 Å². The largest absolute Gasteiger partial charge is 0.416 e. The van der Waals surface area contributed by atoms with Gasteiger partial charge in [-0.2, -0.15) is 13.2 Å². The first kappa shape index (κ1) is 22.1. The molecule has 0 bridgehead atoms. The lowest BCUT2D eigenvalue weighted by Gasteiger charge is -2.40. The van der Waals surface area contributed by atoms with Crippen LogP contribution in [0.15, 0.2) is 29.2 Å². The molecule has 162 valence electrons. The SMILES string of the molecule is CC(C)(C1CCN(CC(=O)NC2CC2)CC1)S(=O)(=O)c1cccc(C(F)(F)F)c1. The second-order valence-corrected chi connectivity index (χ2v) is 11.1. The number of likely N-dealkylation sites (tertiary alicyclic amines) is 1. The lowest BCUT2D eigenvalue weighted by atomic mass is 9.86. The summed E-state index contributed by atoms with van der Waals surface area (Å²) in [4.78, 5) is 13.7. The number of hydrogen-bond donors (Lipinski definition) is 1. The second kappa shape index (κ2) is 7.91. The molecular weight excluding hydrogens is 405 g/mol. The molecule has 3 rings (SSSR count). The first-order valence-corrected chi connectivity index (χ1v) is 11.3. The van der Waals surface area contributed by atoms with E-state index in [4.69, 9.17) is 0 Å². The first-order chi connectivity index (χ1) is 13.4. The summed E-state index contributed by atoms with van der Waals surface area (Å²) in [5.74, 6) is -0.216. The van der Waals surface area contributed by atoms with Gasteiger partial charge in [0.2, 0.25) is 5.91 Å². The zero-order valence-corrected chi connectivity index (χ0v) is 17.4. The van der Waals surface area contributed by atoms with Gasteiger partial charge in [-0.1, -0.05) is 6.07 Å². The fraction of sp³-hybridized carbons (Fsp3) is 0.650. The number of carbonyl (C=O) groups excluding carboxylic acids is 1. The number of piperidine rings is 1. The van der Waals surface area contributed by atoms with E-state index in [-0.39, 0.29) is 16.7 Å². The Balaban J connectivity index is 1.67. The van der Waals surface area contributed by atoms with Crippen molar-refractivity contribution in [3.8, 4) is 0 Å². The van der Waals surface area contributed by atoms with Crippen LogP contribution in [0.1, 0.15) is 45.1 Å². The number of nitrogens with one attached hydrogen (secondary N) is 1. The summed E-state index contributed by atoms with van der Waals surface area (Å²) in [7, 11) is -3.97. The predicted molar refractivity (Wildman–Crippen MR) is 103 cm³/mol. The average molecular weight is 433 g/mol. The molecular formula is C20H27F3N2O3S. The molecule has 9 heteroatoms. The third-order valence-electron chi connectivity index (χ3n) is 6.04. The number of amides is 1. The Morgan fingerprint density at radius 1 is 1.14 bits per heavy atom. The molecule has 0 spiro atoms. The molecule has 0 aromatic heterocycles. The maximum atomic E-state index is 13.2. The fourth-order valence-corrected chi connectivity index (χ4v) is 5.67. The number of benzene rings is 1. The maximum absolute atomic E-state index is 13.2. The van der Waals surface area contributed by atoms with Gasteiger partial charge >= 0.3 is 6.18 Å². The summed E-state index contributed by atoms with van der Waals surface area (Å²) in [5.41, 5.74) is -0.967. The van der Waals surface area contributed by atoms with Crippen molar-refractivity contribution >= 4 is 15.7 Å². The number of carbonyl (C=O) groups is 1. The summed E-state index contributed by atoms with van der Waals surface area (Å²) in [5, 5.41) is 2.94. The molecule has 2 aliphatic rings. The van der Waals surface area contributed by atoms with Gasteiger partial charge in [-0.15, -0.1) is 0 Å². The summed E-state index contributed by atoms with van der Waals surface area (Å²) in [6, 6.07) is 4.25. The number of nitrogens with zero attached hydrogens (tertiary/aromatic N) is 1. The molecule has 5 nitrogen and oxygen atoms in total. The molecule has 1 N–H and O–H groups in total. The van der Waals surface area contributed by atoms with E-state index in [1.54, 1.807) is 13.8 Å². The highest BCUT2D eigenvalue weighted by molar-refractivity contribution is 7.92. The third-order valence-corrected chi connectivity index (χ3v) is 8.64. The quantitative estimate of drug-likeness (QED) is 0.750. The Kier molecular flexibility index (Phi) is 6.02. The Morgan fingerprint density at radius 2 is 1.76 bits per heavy atom. The van der Waals surface area contributed by atoms with Gasteiger partial charge in [0.25, 0.3) is 0 Å². The molecule has 0 atom stereocenters. The van der Waals surface area contributed by atoms with Crippen LogP contribution in [0.2, 0.25) is 0 Å². The van der Waals surface area contributed by atoms with Crippen molar-refractivity contribution < 1.29 is 26.4 Å². The molecule has 1 saturated heterocycles. The van der Waals surface area contributed by atoms with Gasteiger partial charge in [0.05, 0.1) is 21.8 Å². The van der Waals surface area contributed by atoms with Crippen molar-refractivity contribution in [2.45, 2.75) is 61.4 Å². The van der Waals surface area contributed by atoms with E-state index >= 15 is 0 Å². The van der Waals surface area contributed by atoms with Gasteiger partial charge < -0.3 is 5.32 Å². The number of sulfone groups is 1. The highest BCUT2D eigenvalue weighted by Gasteiger charge is 2.44. The smallest absolute Gasteiger partial charge is 0.352 e. The van der Waals surface area contributed by atoms with E-state index in [9.17, 15) is 26.4 Å². The molecule has 0 radical (unpaired) electrons. The molecule has 29 heavy (non-hydrogen) atoms. The zero-order chi connectivity index (χ0) is 21.4. The average Bonchev–Trinajstić information content (AvgIpc) is 3.45. The van der Waals surface area contributed by atoms with Gasteiger partial charge in [0.15, 0.2) is 9.84 Å². The fourth-order valence-electron chi connectivity index (χ4n) is 3.85. The predicted octanol–water partition coefficient (Wildman–Crippen LogP) is 3.25. The molecule has 1 aromatic carbocycles. The number of hydrogen-bond acceptors (Lipinski definition) is 4. The molecule has 1 heterocycles. The summed E-state index contributed by atoms with van der Waals surface area (Å²) < 4.78 is 64.2. The minimum Gasteiger partial charge on any atom is -0.352 e. The molecule has 0 unspecified atom stereocenters. The van der Waals surface area contributed by atoms with Gasteiger partial charge in [0, 0.05) is 6.04 Å². The number of halogens is 3. The molecule has 1 aromatic rings. The molecule has 2 fully saturated rings. The lowest BCUT2D eigenvalue weighted by Crippen LogP contribution is -2.48. The Bertz CT molecular complexity index is 856. The van der Waals surface area contributed by atoms with E-state index in [2.05, 4.69) is 5.32 Å².